The molecular weight excluding hydrogens is 248 g/mol. The number of hydrogen-bond acceptors (Lipinski definition) is 4. The second-order valence-corrected chi connectivity index (χ2v) is 4.19. The van der Waals surface area contributed by atoms with Gasteiger partial charge in [-0.25, -0.2) is 9.31 Å². The zero-order valence-corrected chi connectivity index (χ0v) is 9.87. The second kappa shape index (κ2) is 4.20. The van der Waals surface area contributed by atoms with Gasteiger partial charge in [-0.2, -0.15) is 5.10 Å². The van der Waals surface area contributed by atoms with Gasteiger partial charge in [0.05, 0.1) is 17.3 Å². The molecule has 19 heavy (non-hydrogen) atoms. The third kappa shape index (κ3) is 1.85. The molecule has 0 unspecified atom stereocenters. The van der Waals surface area contributed by atoms with Gasteiger partial charge in [-0.05, 0) is 12.1 Å². The molecule has 0 atom stereocenters. The largest absolute Gasteiger partial charge is 0.328 e. The summed E-state index contributed by atoms with van der Waals surface area (Å²) >= 11 is 0. The first-order valence-corrected chi connectivity index (χ1v) is 5.73. The van der Waals surface area contributed by atoms with Crippen LogP contribution in [0.5, 0.6) is 0 Å². The summed E-state index contributed by atoms with van der Waals surface area (Å²) in [4.78, 5) is 35.2. The van der Waals surface area contributed by atoms with Gasteiger partial charge in [0.25, 0.3) is 0 Å². The number of imide groups is 1. The van der Waals surface area contributed by atoms with Crippen molar-refractivity contribution in [1.29, 1.82) is 0 Å². The molecular formula is C12H10N4O3. The zero-order chi connectivity index (χ0) is 13.4. The molecule has 7 heteroatoms. The average molecular weight is 258 g/mol. The van der Waals surface area contributed by atoms with Crippen LogP contribution in [0.4, 0.5) is 10.5 Å². The predicted molar refractivity (Wildman–Crippen MR) is 66.1 cm³/mol. The van der Waals surface area contributed by atoms with Crippen LogP contribution in [-0.4, -0.2) is 34.4 Å². The van der Waals surface area contributed by atoms with Crippen molar-refractivity contribution in [3.8, 4) is 0 Å². The Hall–Kier alpha value is -2.70. The SMILES string of the molecule is O=Cc1cnn2ccc(N3CCC(=O)NC3=O)cc12. The van der Waals surface area contributed by atoms with Crippen molar-refractivity contribution in [1.82, 2.24) is 14.9 Å². The summed E-state index contributed by atoms with van der Waals surface area (Å²) in [6, 6.07) is 2.96. The number of nitrogens with one attached hydrogen (secondary N) is 1. The lowest BCUT2D eigenvalue weighted by atomic mass is 10.2. The molecule has 1 aliphatic rings. The van der Waals surface area contributed by atoms with Crippen LogP contribution in [0.2, 0.25) is 0 Å². The van der Waals surface area contributed by atoms with E-state index >= 15 is 0 Å². The number of pyridine rings is 1. The molecule has 0 aromatic carbocycles. The second-order valence-electron chi connectivity index (χ2n) is 4.19. The summed E-state index contributed by atoms with van der Waals surface area (Å²) in [5.74, 6) is -0.278. The molecule has 2 aromatic heterocycles. The molecule has 1 fully saturated rings. The summed E-state index contributed by atoms with van der Waals surface area (Å²) < 4.78 is 1.56. The van der Waals surface area contributed by atoms with Crippen LogP contribution in [-0.2, 0) is 4.79 Å². The number of carbonyl (C=O) groups is 3. The van der Waals surface area contributed by atoms with Crippen molar-refractivity contribution in [2.45, 2.75) is 6.42 Å². The smallest absolute Gasteiger partial charge is 0.298 e. The van der Waals surface area contributed by atoms with Crippen molar-refractivity contribution in [2.24, 2.45) is 0 Å². The van der Waals surface area contributed by atoms with Gasteiger partial charge in [0, 0.05) is 24.8 Å². The van der Waals surface area contributed by atoms with Gasteiger partial charge in [-0.1, -0.05) is 0 Å². The molecule has 1 saturated heterocycles. The Labute approximate surface area is 107 Å². The molecule has 0 bridgehead atoms. The Kier molecular flexibility index (Phi) is 2.52. The number of aromatic nitrogens is 2. The number of urea groups is 1. The van der Waals surface area contributed by atoms with Gasteiger partial charge in [-0.15, -0.1) is 0 Å². The lowest BCUT2D eigenvalue weighted by Gasteiger charge is -2.26. The third-order valence-electron chi connectivity index (χ3n) is 3.03. The van der Waals surface area contributed by atoms with Crippen molar-refractivity contribution < 1.29 is 14.4 Å². The van der Waals surface area contributed by atoms with Crippen molar-refractivity contribution >= 4 is 29.4 Å². The Morgan fingerprint density at radius 3 is 2.95 bits per heavy atom. The number of fused-ring (bicyclic) bond motifs is 1. The maximum Gasteiger partial charge on any atom is 0.328 e. The highest BCUT2D eigenvalue weighted by atomic mass is 16.2. The van der Waals surface area contributed by atoms with Crippen LogP contribution in [0.15, 0.2) is 24.5 Å². The number of rotatable bonds is 2. The third-order valence-corrected chi connectivity index (χ3v) is 3.03. The van der Waals surface area contributed by atoms with E-state index in [1.165, 1.54) is 11.1 Å². The van der Waals surface area contributed by atoms with Gasteiger partial charge < -0.3 is 0 Å². The summed E-state index contributed by atoms with van der Waals surface area (Å²) in [5, 5.41) is 6.27. The van der Waals surface area contributed by atoms with Crippen LogP contribution >= 0.6 is 0 Å². The van der Waals surface area contributed by atoms with Crippen LogP contribution in [0.3, 0.4) is 0 Å². The summed E-state index contributed by atoms with van der Waals surface area (Å²) in [7, 11) is 0. The van der Waals surface area contributed by atoms with Crippen molar-refractivity contribution in [2.75, 3.05) is 11.4 Å². The van der Waals surface area contributed by atoms with E-state index in [1.807, 2.05) is 0 Å². The Balaban J connectivity index is 2.03. The molecule has 3 rings (SSSR count). The average Bonchev–Trinajstić information content (AvgIpc) is 2.80. The predicted octanol–water partition coefficient (Wildman–Crippen LogP) is 0.593. The van der Waals surface area contributed by atoms with Gasteiger partial charge in [-0.3, -0.25) is 19.8 Å². The topological polar surface area (TPSA) is 83.8 Å². The first kappa shape index (κ1) is 11.4. The fraction of sp³-hybridized carbons (Fsp3) is 0.167. The van der Waals surface area contributed by atoms with E-state index in [1.54, 1.807) is 22.8 Å². The molecule has 7 nitrogen and oxygen atoms in total. The molecule has 0 radical (unpaired) electrons. The van der Waals surface area contributed by atoms with Crippen molar-refractivity contribution in [3.63, 3.8) is 0 Å². The maximum absolute atomic E-state index is 11.7. The summed E-state index contributed by atoms with van der Waals surface area (Å²) in [6.45, 7) is 0.325. The van der Waals surface area contributed by atoms with Crippen LogP contribution < -0.4 is 10.2 Å². The normalized spacial score (nSPS) is 15.7. The molecule has 3 heterocycles. The standard InChI is InChI=1S/C12H10N4O3/c17-7-8-6-13-16-4-1-9(5-10(8)16)15-3-2-11(18)14-12(15)19/h1,4-7H,2-3H2,(H,14,18,19). The summed E-state index contributed by atoms with van der Waals surface area (Å²) in [6.07, 6.45) is 4.11. The Morgan fingerprint density at radius 1 is 1.37 bits per heavy atom. The van der Waals surface area contributed by atoms with E-state index in [9.17, 15) is 14.4 Å². The highest BCUT2D eigenvalue weighted by molar-refractivity contribution is 6.06. The van der Waals surface area contributed by atoms with E-state index in [-0.39, 0.29) is 12.3 Å². The molecule has 0 aliphatic carbocycles. The molecule has 2 aromatic rings. The van der Waals surface area contributed by atoms with E-state index in [2.05, 4.69) is 10.4 Å². The summed E-state index contributed by atoms with van der Waals surface area (Å²) in [5.41, 5.74) is 1.70. The fourth-order valence-electron chi connectivity index (χ4n) is 2.06. The molecule has 0 spiro atoms. The lowest BCUT2D eigenvalue weighted by molar-refractivity contribution is -0.120. The number of carbonyl (C=O) groups excluding carboxylic acids is 3. The number of anilines is 1. The molecule has 1 N–H and O–H groups in total. The maximum atomic E-state index is 11.7. The highest BCUT2D eigenvalue weighted by Gasteiger charge is 2.24. The lowest BCUT2D eigenvalue weighted by Crippen LogP contribution is -2.49. The van der Waals surface area contributed by atoms with Gasteiger partial charge in [0.1, 0.15) is 0 Å². The van der Waals surface area contributed by atoms with E-state index < -0.39 is 6.03 Å². The van der Waals surface area contributed by atoms with Crippen LogP contribution in [0, 0.1) is 0 Å². The van der Waals surface area contributed by atoms with Crippen LogP contribution in [0.25, 0.3) is 5.52 Å². The van der Waals surface area contributed by atoms with Crippen molar-refractivity contribution in [3.05, 3.63) is 30.1 Å². The monoisotopic (exact) mass is 258 g/mol. The molecule has 1 aliphatic heterocycles. The van der Waals surface area contributed by atoms with E-state index in [4.69, 9.17) is 0 Å². The fourth-order valence-corrected chi connectivity index (χ4v) is 2.06. The highest BCUT2D eigenvalue weighted by Crippen LogP contribution is 2.20. The molecule has 96 valence electrons. The first-order chi connectivity index (χ1) is 9.19. The molecule has 0 saturated carbocycles. The minimum atomic E-state index is -0.451. The Bertz CT molecular complexity index is 691. The van der Waals surface area contributed by atoms with Gasteiger partial charge in [0.15, 0.2) is 6.29 Å². The first-order valence-electron chi connectivity index (χ1n) is 5.73. The van der Waals surface area contributed by atoms with Gasteiger partial charge >= 0.3 is 6.03 Å². The van der Waals surface area contributed by atoms with Crippen LogP contribution in [0.1, 0.15) is 16.8 Å². The van der Waals surface area contributed by atoms with E-state index in [0.29, 0.717) is 29.6 Å². The molecule has 3 amide bonds. The number of amides is 3. The number of aldehydes is 1. The van der Waals surface area contributed by atoms with Gasteiger partial charge in [0.2, 0.25) is 5.91 Å². The minimum Gasteiger partial charge on any atom is -0.298 e. The number of hydrogen-bond donors (Lipinski definition) is 1. The number of nitrogens with zero attached hydrogens (tertiary/aromatic N) is 3. The minimum absolute atomic E-state index is 0.261. The quantitative estimate of drug-likeness (QED) is 0.799. The zero-order valence-electron chi connectivity index (χ0n) is 9.87. The Morgan fingerprint density at radius 2 is 2.21 bits per heavy atom. The van der Waals surface area contributed by atoms with E-state index in [0.717, 1.165) is 0 Å².